The van der Waals surface area contributed by atoms with Gasteiger partial charge in [0.25, 0.3) is 0 Å². The Kier molecular flexibility index (Phi) is 2.72. The molecule has 0 aliphatic carbocycles. The second-order valence-electron chi connectivity index (χ2n) is 3.16. The molecule has 1 aromatic carbocycles. The van der Waals surface area contributed by atoms with Crippen LogP contribution in [0.15, 0.2) is 36.5 Å². The summed E-state index contributed by atoms with van der Waals surface area (Å²) in [4.78, 5) is 14.3. The molecule has 0 radical (unpaired) electrons. The van der Waals surface area contributed by atoms with Crippen molar-refractivity contribution in [1.82, 2.24) is 4.98 Å². The van der Waals surface area contributed by atoms with Crippen molar-refractivity contribution in [2.24, 2.45) is 0 Å². The van der Waals surface area contributed by atoms with E-state index in [0.29, 0.717) is 6.29 Å². The van der Waals surface area contributed by atoms with E-state index in [-0.39, 0.29) is 16.8 Å². The van der Waals surface area contributed by atoms with E-state index in [1.807, 2.05) is 0 Å². The number of halogens is 2. The molecular weight excluding hydrogens is 212 g/mol. The first-order chi connectivity index (χ1) is 7.74. The van der Waals surface area contributed by atoms with Crippen LogP contribution in [0.25, 0.3) is 11.3 Å². The molecule has 16 heavy (non-hydrogen) atoms. The lowest BCUT2D eigenvalue weighted by Crippen LogP contribution is -1.96. The first kappa shape index (κ1) is 10.4. The summed E-state index contributed by atoms with van der Waals surface area (Å²) in [5.41, 5.74) is -0.236. The molecule has 0 aliphatic heterocycles. The van der Waals surface area contributed by atoms with Crippen LogP contribution in [0.5, 0.6) is 0 Å². The third-order valence-corrected chi connectivity index (χ3v) is 2.18. The van der Waals surface area contributed by atoms with Crippen molar-refractivity contribution in [2.45, 2.75) is 0 Å². The van der Waals surface area contributed by atoms with Gasteiger partial charge in [-0.3, -0.25) is 9.78 Å². The molecule has 1 heterocycles. The molecule has 80 valence electrons. The fourth-order valence-electron chi connectivity index (χ4n) is 1.39. The van der Waals surface area contributed by atoms with Gasteiger partial charge in [0.1, 0.15) is 11.5 Å². The van der Waals surface area contributed by atoms with E-state index in [4.69, 9.17) is 0 Å². The highest BCUT2D eigenvalue weighted by atomic mass is 19.1. The summed E-state index contributed by atoms with van der Waals surface area (Å²) in [5, 5.41) is 0. The van der Waals surface area contributed by atoms with E-state index in [0.717, 1.165) is 0 Å². The molecule has 2 nitrogen and oxygen atoms in total. The van der Waals surface area contributed by atoms with Crippen LogP contribution in [0.2, 0.25) is 0 Å². The number of aldehydes is 1. The van der Waals surface area contributed by atoms with E-state index in [9.17, 15) is 13.6 Å². The quantitative estimate of drug-likeness (QED) is 0.727. The second kappa shape index (κ2) is 4.18. The molecule has 0 N–H and O–H groups in total. The van der Waals surface area contributed by atoms with Gasteiger partial charge in [0.15, 0.2) is 12.1 Å². The highest BCUT2D eigenvalue weighted by Gasteiger charge is 2.13. The molecule has 0 bridgehead atoms. The van der Waals surface area contributed by atoms with Crippen molar-refractivity contribution < 1.29 is 13.6 Å². The lowest BCUT2D eigenvalue weighted by Gasteiger charge is -2.04. The molecule has 4 heteroatoms. The summed E-state index contributed by atoms with van der Waals surface area (Å²) >= 11 is 0. The fraction of sp³-hybridized carbons (Fsp3) is 0. The summed E-state index contributed by atoms with van der Waals surface area (Å²) < 4.78 is 27.1. The summed E-state index contributed by atoms with van der Waals surface area (Å²) in [6.07, 6.45) is 1.65. The van der Waals surface area contributed by atoms with Gasteiger partial charge in [0.05, 0.1) is 5.56 Å². The van der Waals surface area contributed by atoms with Crippen LogP contribution < -0.4 is 0 Å². The Morgan fingerprint density at radius 3 is 2.56 bits per heavy atom. The minimum Gasteiger partial charge on any atom is -0.298 e. The van der Waals surface area contributed by atoms with E-state index in [1.165, 1.54) is 30.5 Å². The van der Waals surface area contributed by atoms with E-state index >= 15 is 0 Å². The number of hydrogen-bond donors (Lipinski definition) is 0. The van der Waals surface area contributed by atoms with Crippen molar-refractivity contribution >= 4 is 6.29 Å². The number of pyridine rings is 1. The van der Waals surface area contributed by atoms with Gasteiger partial charge in [-0.25, -0.2) is 8.78 Å². The smallest absolute Gasteiger partial charge is 0.160 e. The van der Waals surface area contributed by atoms with Crippen LogP contribution >= 0.6 is 0 Å². The zero-order chi connectivity index (χ0) is 11.5. The Hall–Kier alpha value is -2.10. The van der Waals surface area contributed by atoms with Crippen LogP contribution in [-0.2, 0) is 0 Å². The van der Waals surface area contributed by atoms with E-state index in [1.54, 1.807) is 6.07 Å². The van der Waals surface area contributed by atoms with Crippen LogP contribution in [0.1, 0.15) is 10.4 Å². The van der Waals surface area contributed by atoms with Crippen molar-refractivity contribution in [1.29, 1.82) is 0 Å². The Bertz CT molecular complexity index is 540. The number of benzene rings is 1. The molecule has 0 saturated carbocycles. The predicted molar refractivity (Wildman–Crippen MR) is 55.0 cm³/mol. The first-order valence-corrected chi connectivity index (χ1v) is 4.58. The fourth-order valence-corrected chi connectivity index (χ4v) is 1.39. The van der Waals surface area contributed by atoms with Crippen molar-refractivity contribution in [3.63, 3.8) is 0 Å². The molecule has 1 aromatic heterocycles. The van der Waals surface area contributed by atoms with Gasteiger partial charge in [-0.2, -0.15) is 0 Å². The van der Waals surface area contributed by atoms with Gasteiger partial charge in [-0.1, -0.05) is 12.1 Å². The SMILES string of the molecule is O=Cc1ccnc(-c2ccccc2F)c1F. The molecule has 0 fully saturated rings. The van der Waals surface area contributed by atoms with Gasteiger partial charge < -0.3 is 0 Å². The maximum atomic E-state index is 13.7. The Labute approximate surface area is 90.6 Å². The summed E-state index contributed by atoms with van der Waals surface area (Å²) in [6.45, 7) is 0. The number of hydrogen-bond acceptors (Lipinski definition) is 2. The van der Waals surface area contributed by atoms with Gasteiger partial charge in [-0.15, -0.1) is 0 Å². The summed E-state index contributed by atoms with van der Waals surface area (Å²) in [5.74, 6) is -1.38. The van der Waals surface area contributed by atoms with Gasteiger partial charge >= 0.3 is 0 Å². The third kappa shape index (κ3) is 1.69. The lowest BCUT2D eigenvalue weighted by atomic mass is 10.1. The summed E-state index contributed by atoms with van der Waals surface area (Å²) in [6, 6.07) is 6.94. The van der Waals surface area contributed by atoms with Crippen LogP contribution in [0, 0.1) is 11.6 Å². The molecule has 0 unspecified atom stereocenters. The molecule has 2 aromatic rings. The number of carbonyl (C=O) groups excluding carboxylic acids is 1. The van der Waals surface area contributed by atoms with Gasteiger partial charge in [0, 0.05) is 11.8 Å². The van der Waals surface area contributed by atoms with E-state index < -0.39 is 11.6 Å². The zero-order valence-electron chi connectivity index (χ0n) is 8.15. The topological polar surface area (TPSA) is 30.0 Å². The molecule has 2 rings (SSSR count). The lowest BCUT2D eigenvalue weighted by molar-refractivity contribution is 0.111. The Balaban J connectivity index is 2.65. The Morgan fingerprint density at radius 2 is 1.88 bits per heavy atom. The molecule has 0 spiro atoms. The standard InChI is InChI=1S/C12H7F2NO/c13-10-4-2-1-3-9(10)12-11(14)8(7-16)5-6-15-12/h1-7H. The number of carbonyl (C=O) groups is 1. The zero-order valence-corrected chi connectivity index (χ0v) is 8.15. The minimum absolute atomic E-state index is 0.0451. The molecule has 0 amide bonds. The Morgan fingerprint density at radius 1 is 1.12 bits per heavy atom. The van der Waals surface area contributed by atoms with Gasteiger partial charge in [-0.05, 0) is 18.2 Å². The van der Waals surface area contributed by atoms with Crippen LogP contribution in [0.4, 0.5) is 8.78 Å². The predicted octanol–water partition coefficient (Wildman–Crippen LogP) is 2.84. The molecule has 0 aliphatic rings. The number of aromatic nitrogens is 1. The highest BCUT2D eigenvalue weighted by Crippen LogP contribution is 2.24. The number of rotatable bonds is 2. The van der Waals surface area contributed by atoms with Crippen LogP contribution in [-0.4, -0.2) is 11.3 Å². The summed E-state index contributed by atoms with van der Waals surface area (Å²) in [7, 11) is 0. The number of nitrogens with zero attached hydrogens (tertiary/aromatic N) is 1. The highest BCUT2D eigenvalue weighted by molar-refractivity contribution is 5.78. The maximum absolute atomic E-state index is 13.7. The monoisotopic (exact) mass is 219 g/mol. The third-order valence-electron chi connectivity index (χ3n) is 2.18. The largest absolute Gasteiger partial charge is 0.298 e. The first-order valence-electron chi connectivity index (χ1n) is 4.58. The van der Waals surface area contributed by atoms with Crippen LogP contribution in [0.3, 0.4) is 0 Å². The van der Waals surface area contributed by atoms with E-state index in [2.05, 4.69) is 4.98 Å². The van der Waals surface area contributed by atoms with Crippen molar-refractivity contribution in [2.75, 3.05) is 0 Å². The second-order valence-corrected chi connectivity index (χ2v) is 3.16. The van der Waals surface area contributed by atoms with Gasteiger partial charge in [0.2, 0.25) is 0 Å². The average Bonchev–Trinajstić information content (AvgIpc) is 2.31. The van der Waals surface area contributed by atoms with Crippen molar-refractivity contribution in [3.8, 4) is 11.3 Å². The minimum atomic E-state index is -0.803. The average molecular weight is 219 g/mol. The molecule has 0 atom stereocenters. The molecule has 0 saturated heterocycles. The maximum Gasteiger partial charge on any atom is 0.160 e. The molecular formula is C12H7F2NO. The van der Waals surface area contributed by atoms with Crippen molar-refractivity contribution in [3.05, 3.63) is 53.7 Å². The normalized spacial score (nSPS) is 10.1.